The fraction of sp³-hybridized carbons (Fsp3) is 0.625. The maximum Gasteiger partial charge on any atom is 0.164 e. The second-order valence-corrected chi connectivity index (χ2v) is 5.63. The van der Waals surface area contributed by atoms with E-state index < -0.39 is 0 Å². The van der Waals surface area contributed by atoms with Crippen LogP contribution in [-0.4, -0.2) is 38.8 Å². The monoisotopic (exact) mass is 297 g/mol. The number of nitrogens with zero attached hydrogens (tertiary/aromatic N) is 1. The third kappa shape index (κ3) is 2.38. The van der Waals surface area contributed by atoms with Crippen molar-refractivity contribution in [3.63, 3.8) is 0 Å². The average Bonchev–Trinajstić information content (AvgIpc) is 2.89. The van der Waals surface area contributed by atoms with Crippen molar-refractivity contribution in [2.45, 2.75) is 25.7 Å². The van der Waals surface area contributed by atoms with Gasteiger partial charge in [-0.15, -0.1) is 12.4 Å². The van der Waals surface area contributed by atoms with Crippen LogP contribution in [0.4, 0.5) is 0 Å². The number of fused-ring (bicyclic) bond motifs is 3. The van der Waals surface area contributed by atoms with Gasteiger partial charge in [0.15, 0.2) is 11.5 Å². The fourth-order valence-electron chi connectivity index (χ4n) is 3.80. The zero-order valence-corrected chi connectivity index (χ0v) is 13.3. The molecule has 2 atom stereocenters. The number of hydrogen-bond donors (Lipinski definition) is 0. The van der Waals surface area contributed by atoms with Crippen molar-refractivity contribution < 1.29 is 9.47 Å². The first-order valence-corrected chi connectivity index (χ1v) is 7.24. The van der Waals surface area contributed by atoms with E-state index in [4.69, 9.17) is 9.47 Å². The molecule has 1 aromatic carbocycles. The van der Waals surface area contributed by atoms with Gasteiger partial charge in [0.25, 0.3) is 0 Å². The molecular weight excluding hydrogens is 274 g/mol. The summed E-state index contributed by atoms with van der Waals surface area (Å²) in [4.78, 5) is 2.57. The number of likely N-dealkylation sites (tertiary alicyclic amines) is 1. The molecule has 112 valence electrons. The van der Waals surface area contributed by atoms with Crippen LogP contribution in [-0.2, 0) is 6.42 Å². The SMILES string of the molecule is CCN1C[C@@H]2CCc3c(ccc(OC)c3OC)[C@H]2C1.Cl. The normalized spacial score (nSPS) is 24.6. The maximum atomic E-state index is 5.60. The smallest absolute Gasteiger partial charge is 0.164 e. The van der Waals surface area contributed by atoms with Crippen LogP contribution in [0.25, 0.3) is 0 Å². The van der Waals surface area contributed by atoms with Crippen molar-refractivity contribution in [1.29, 1.82) is 0 Å². The van der Waals surface area contributed by atoms with Crippen molar-refractivity contribution in [2.75, 3.05) is 33.9 Å². The van der Waals surface area contributed by atoms with Crippen LogP contribution >= 0.6 is 12.4 Å². The van der Waals surface area contributed by atoms with Crippen LogP contribution in [0.1, 0.15) is 30.4 Å². The largest absolute Gasteiger partial charge is 0.493 e. The molecule has 1 saturated heterocycles. The lowest BCUT2D eigenvalue weighted by atomic mass is 9.76. The van der Waals surface area contributed by atoms with E-state index in [1.807, 2.05) is 0 Å². The van der Waals surface area contributed by atoms with Crippen LogP contribution in [0.5, 0.6) is 11.5 Å². The highest BCUT2D eigenvalue weighted by Crippen LogP contribution is 2.46. The minimum absolute atomic E-state index is 0. The van der Waals surface area contributed by atoms with E-state index >= 15 is 0 Å². The van der Waals surface area contributed by atoms with Crippen LogP contribution in [0.15, 0.2) is 12.1 Å². The molecule has 0 bridgehead atoms. The summed E-state index contributed by atoms with van der Waals surface area (Å²) in [6.07, 6.45) is 2.39. The minimum atomic E-state index is 0. The van der Waals surface area contributed by atoms with E-state index in [0.29, 0.717) is 5.92 Å². The zero-order chi connectivity index (χ0) is 13.4. The summed E-state index contributed by atoms with van der Waals surface area (Å²) in [6, 6.07) is 4.32. The second kappa shape index (κ2) is 6.23. The number of rotatable bonds is 3. The van der Waals surface area contributed by atoms with Gasteiger partial charge in [0.1, 0.15) is 0 Å². The lowest BCUT2D eigenvalue weighted by Gasteiger charge is -2.29. The van der Waals surface area contributed by atoms with Gasteiger partial charge in [-0.05, 0) is 36.9 Å². The number of likely N-dealkylation sites (N-methyl/N-ethyl adjacent to an activating group) is 1. The van der Waals surface area contributed by atoms with Gasteiger partial charge >= 0.3 is 0 Å². The predicted octanol–water partition coefficient (Wildman–Crippen LogP) is 3.11. The van der Waals surface area contributed by atoms with Crippen LogP contribution in [0, 0.1) is 5.92 Å². The summed E-state index contributed by atoms with van der Waals surface area (Å²) in [5, 5.41) is 0. The van der Waals surface area contributed by atoms with Crippen molar-refractivity contribution in [3.8, 4) is 11.5 Å². The highest BCUT2D eigenvalue weighted by Gasteiger charge is 2.38. The first kappa shape index (κ1) is 15.5. The van der Waals surface area contributed by atoms with Gasteiger partial charge in [-0.25, -0.2) is 0 Å². The molecule has 0 N–H and O–H groups in total. The third-order valence-corrected chi connectivity index (χ3v) is 4.81. The first-order chi connectivity index (χ1) is 9.28. The van der Waals surface area contributed by atoms with Crippen LogP contribution < -0.4 is 9.47 Å². The molecule has 3 nitrogen and oxygen atoms in total. The van der Waals surface area contributed by atoms with Crippen LogP contribution in [0.2, 0.25) is 0 Å². The summed E-state index contributed by atoms with van der Waals surface area (Å²) in [5.41, 5.74) is 2.87. The summed E-state index contributed by atoms with van der Waals surface area (Å²) >= 11 is 0. The van der Waals surface area contributed by atoms with E-state index in [1.165, 1.54) is 30.6 Å². The van der Waals surface area contributed by atoms with Gasteiger partial charge in [-0.2, -0.15) is 0 Å². The molecule has 3 rings (SSSR count). The Morgan fingerprint density at radius 1 is 1.20 bits per heavy atom. The summed E-state index contributed by atoms with van der Waals surface area (Å²) in [5.74, 6) is 3.33. The molecule has 1 aliphatic heterocycles. The Bertz CT molecular complexity index is 478. The number of halogens is 1. The van der Waals surface area contributed by atoms with E-state index in [9.17, 15) is 0 Å². The van der Waals surface area contributed by atoms with Gasteiger partial charge in [-0.1, -0.05) is 13.0 Å². The lowest BCUT2D eigenvalue weighted by Crippen LogP contribution is -2.20. The van der Waals surface area contributed by atoms with Crippen molar-refractivity contribution in [2.24, 2.45) is 5.92 Å². The topological polar surface area (TPSA) is 21.7 Å². The van der Waals surface area contributed by atoms with Gasteiger partial charge < -0.3 is 14.4 Å². The minimum Gasteiger partial charge on any atom is -0.493 e. The molecule has 0 aromatic heterocycles. The molecule has 0 saturated carbocycles. The molecular formula is C16H24ClNO2. The molecule has 4 heteroatoms. The fourth-order valence-corrected chi connectivity index (χ4v) is 3.80. The molecule has 20 heavy (non-hydrogen) atoms. The van der Waals surface area contributed by atoms with Gasteiger partial charge in [0.05, 0.1) is 14.2 Å². The second-order valence-electron chi connectivity index (χ2n) is 5.63. The van der Waals surface area contributed by atoms with Crippen molar-refractivity contribution >= 4 is 12.4 Å². The predicted molar refractivity (Wildman–Crippen MR) is 83.5 cm³/mol. The number of ether oxygens (including phenoxy) is 2. The molecule has 2 aliphatic rings. The highest BCUT2D eigenvalue weighted by molar-refractivity contribution is 5.85. The van der Waals surface area contributed by atoms with Gasteiger partial charge in [0.2, 0.25) is 0 Å². The molecule has 1 heterocycles. The number of methoxy groups -OCH3 is 2. The Morgan fingerprint density at radius 2 is 2.00 bits per heavy atom. The van der Waals surface area contributed by atoms with Gasteiger partial charge in [0, 0.05) is 24.6 Å². The van der Waals surface area contributed by atoms with E-state index in [0.717, 1.165) is 30.4 Å². The Labute approximate surface area is 127 Å². The van der Waals surface area contributed by atoms with Gasteiger partial charge in [-0.3, -0.25) is 0 Å². The summed E-state index contributed by atoms with van der Waals surface area (Å²) in [7, 11) is 3.46. The maximum absolute atomic E-state index is 5.60. The molecule has 1 aromatic rings. The molecule has 0 spiro atoms. The van der Waals surface area contributed by atoms with Crippen molar-refractivity contribution in [1.82, 2.24) is 4.90 Å². The highest BCUT2D eigenvalue weighted by atomic mass is 35.5. The molecule has 0 amide bonds. The Kier molecular flexibility index (Phi) is 4.82. The van der Waals surface area contributed by atoms with E-state index in [2.05, 4.69) is 24.0 Å². The molecule has 0 radical (unpaired) electrons. The summed E-state index contributed by atoms with van der Waals surface area (Å²) in [6.45, 7) is 5.88. The first-order valence-electron chi connectivity index (χ1n) is 7.24. The average molecular weight is 298 g/mol. The lowest BCUT2D eigenvalue weighted by molar-refractivity contribution is 0.335. The Morgan fingerprint density at radius 3 is 2.65 bits per heavy atom. The Balaban J connectivity index is 0.00000147. The number of benzene rings is 1. The molecule has 1 fully saturated rings. The zero-order valence-electron chi connectivity index (χ0n) is 12.5. The summed E-state index contributed by atoms with van der Waals surface area (Å²) < 4.78 is 11.0. The van der Waals surface area contributed by atoms with E-state index in [1.54, 1.807) is 14.2 Å². The molecule has 1 aliphatic carbocycles. The quantitative estimate of drug-likeness (QED) is 0.856. The molecule has 0 unspecified atom stereocenters. The van der Waals surface area contributed by atoms with E-state index in [-0.39, 0.29) is 12.4 Å². The van der Waals surface area contributed by atoms with Crippen molar-refractivity contribution in [3.05, 3.63) is 23.3 Å². The Hall–Kier alpha value is -0.930. The third-order valence-electron chi connectivity index (χ3n) is 4.81. The van der Waals surface area contributed by atoms with Crippen LogP contribution in [0.3, 0.4) is 0 Å². The standard InChI is InChI=1S/C16H23NO2.ClH/c1-4-17-9-11-5-6-13-12(14(11)10-17)7-8-15(18-2)16(13)19-3;/h7-8,11,14H,4-6,9-10H2,1-3H3;1H/t11-,14-;/m0./s1. The number of hydrogen-bond acceptors (Lipinski definition) is 3.